The van der Waals surface area contributed by atoms with Crippen molar-refractivity contribution < 1.29 is 19.1 Å². The van der Waals surface area contributed by atoms with E-state index in [-0.39, 0.29) is 23.3 Å². The Labute approximate surface area is 182 Å². The molecule has 6 heteroatoms. The number of morpholine rings is 1. The monoisotopic (exact) mass is 420 g/mol. The Kier molecular flexibility index (Phi) is 6.49. The van der Waals surface area contributed by atoms with Crippen molar-refractivity contribution in [2.45, 2.75) is 19.9 Å². The van der Waals surface area contributed by atoms with Crippen LogP contribution in [0.25, 0.3) is 5.57 Å². The van der Waals surface area contributed by atoms with E-state index in [0.717, 1.165) is 44.0 Å². The number of benzene rings is 2. The minimum absolute atomic E-state index is 0.0624. The molecule has 0 aromatic heterocycles. The normalized spacial score (nSPS) is 16.5. The number of Topliss-reactive ketones (excluding diaryl/α,β-unsaturated/α-hetero) is 1. The highest BCUT2D eigenvalue weighted by Crippen LogP contribution is 2.39. The Morgan fingerprint density at radius 2 is 1.84 bits per heavy atom. The van der Waals surface area contributed by atoms with Crippen LogP contribution in [0.3, 0.4) is 0 Å². The number of hydrogen-bond donors (Lipinski definition) is 1. The number of amides is 1. The molecule has 2 aromatic rings. The van der Waals surface area contributed by atoms with E-state index in [1.807, 2.05) is 56.3 Å². The van der Waals surface area contributed by atoms with E-state index >= 15 is 0 Å². The second-order valence-corrected chi connectivity index (χ2v) is 8.08. The fourth-order valence-corrected chi connectivity index (χ4v) is 3.97. The molecule has 0 spiro atoms. The molecule has 1 aliphatic carbocycles. The molecule has 0 saturated carbocycles. The van der Waals surface area contributed by atoms with E-state index in [1.54, 1.807) is 6.07 Å². The predicted octanol–water partition coefficient (Wildman–Crippen LogP) is 2.92. The van der Waals surface area contributed by atoms with Crippen LogP contribution in [0.5, 0.6) is 5.75 Å². The van der Waals surface area contributed by atoms with Crippen LogP contribution in [-0.2, 0) is 9.53 Å². The van der Waals surface area contributed by atoms with Crippen LogP contribution in [0.2, 0.25) is 0 Å². The number of nitrogens with zero attached hydrogens (tertiary/aromatic N) is 1. The first-order valence-corrected chi connectivity index (χ1v) is 10.8. The first-order chi connectivity index (χ1) is 15.0. The van der Waals surface area contributed by atoms with Gasteiger partial charge in [0.1, 0.15) is 12.4 Å². The van der Waals surface area contributed by atoms with E-state index in [2.05, 4.69) is 10.2 Å². The van der Waals surface area contributed by atoms with Crippen molar-refractivity contribution in [2.75, 3.05) is 39.5 Å². The molecule has 2 aromatic carbocycles. The van der Waals surface area contributed by atoms with Crippen molar-refractivity contribution in [1.29, 1.82) is 0 Å². The molecule has 2 aliphatic rings. The SMILES string of the molecule is CC(C)NC(=O)C1=C(c2ccccc2)c2ccc(OCCN3CCOCC3)cc2C1=O. The highest BCUT2D eigenvalue weighted by molar-refractivity contribution is 6.36. The second-order valence-electron chi connectivity index (χ2n) is 8.08. The smallest absolute Gasteiger partial charge is 0.256 e. The fraction of sp³-hybridized carbons (Fsp3) is 0.360. The largest absolute Gasteiger partial charge is 0.492 e. The Hall–Kier alpha value is -2.96. The van der Waals surface area contributed by atoms with E-state index in [1.165, 1.54) is 0 Å². The summed E-state index contributed by atoms with van der Waals surface area (Å²) in [5, 5.41) is 2.87. The first kappa shape index (κ1) is 21.3. The third-order valence-electron chi connectivity index (χ3n) is 5.47. The molecule has 1 N–H and O–H groups in total. The topological polar surface area (TPSA) is 67.9 Å². The third-order valence-corrected chi connectivity index (χ3v) is 5.47. The van der Waals surface area contributed by atoms with E-state index in [9.17, 15) is 9.59 Å². The molecule has 1 amide bonds. The standard InChI is InChI=1S/C25H28N2O4/c1-17(2)26-25(29)23-22(18-6-4-3-5-7-18)20-9-8-19(16-21(20)24(23)28)31-15-12-27-10-13-30-14-11-27/h3-9,16-17H,10-15H2,1-2H3,(H,26,29). The van der Waals surface area contributed by atoms with Crippen LogP contribution < -0.4 is 10.1 Å². The Bertz CT molecular complexity index is 992. The third kappa shape index (κ3) is 4.70. The van der Waals surface area contributed by atoms with Crippen LogP contribution in [-0.4, -0.2) is 62.1 Å². The molecule has 31 heavy (non-hydrogen) atoms. The predicted molar refractivity (Wildman–Crippen MR) is 119 cm³/mol. The molecular formula is C25H28N2O4. The van der Waals surface area contributed by atoms with Crippen LogP contribution in [0.1, 0.15) is 35.3 Å². The zero-order valence-corrected chi connectivity index (χ0v) is 18.0. The first-order valence-electron chi connectivity index (χ1n) is 10.8. The summed E-state index contributed by atoms with van der Waals surface area (Å²) in [5.41, 5.74) is 3.01. The fourth-order valence-electron chi connectivity index (χ4n) is 3.97. The number of rotatable bonds is 7. The van der Waals surface area contributed by atoms with Gasteiger partial charge in [0.15, 0.2) is 5.78 Å². The maximum absolute atomic E-state index is 13.3. The lowest BCUT2D eigenvalue weighted by molar-refractivity contribution is -0.117. The molecule has 0 bridgehead atoms. The summed E-state index contributed by atoms with van der Waals surface area (Å²) < 4.78 is 11.3. The molecule has 0 unspecified atom stereocenters. The molecule has 1 saturated heterocycles. The van der Waals surface area contributed by atoms with E-state index in [4.69, 9.17) is 9.47 Å². The number of carbonyl (C=O) groups excluding carboxylic acids is 2. The van der Waals surface area contributed by atoms with Gasteiger partial charge in [0.25, 0.3) is 5.91 Å². The Balaban J connectivity index is 1.58. The maximum Gasteiger partial charge on any atom is 0.256 e. The molecule has 0 atom stereocenters. The summed E-state index contributed by atoms with van der Waals surface area (Å²) in [6.45, 7) is 8.43. The average Bonchev–Trinajstić information content (AvgIpc) is 3.07. The molecule has 6 nitrogen and oxygen atoms in total. The van der Waals surface area contributed by atoms with Gasteiger partial charge in [-0.25, -0.2) is 0 Å². The van der Waals surface area contributed by atoms with Gasteiger partial charge in [-0.1, -0.05) is 30.3 Å². The molecule has 1 heterocycles. The molecule has 1 fully saturated rings. The lowest BCUT2D eigenvalue weighted by Gasteiger charge is -2.26. The van der Waals surface area contributed by atoms with Gasteiger partial charge in [0.05, 0.1) is 18.8 Å². The number of carbonyl (C=O) groups is 2. The lowest BCUT2D eigenvalue weighted by atomic mass is 9.97. The minimum atomic E-state index is -0.343. The van der Waals surface area contributed by atoms with Gasteiger partial charge in [0.2, 0.25) is 0 Å². The summed E-state index contributed by atoms with van der Waals surface area (Å²) in [4.78, 5) is 28.5. The van der Waals surface area contributed by atoms with Gasteiger partial charge in [-0.15, -0.1) is 0 Å². The van der Waals surface area contributed by atoms with Crippen molar-refractivity contribution >= 4 is 17.3 Å². The van der Waals surface area contributed by atoms with Gasteiger partial charge in [-0.3, -0.25) is 14.5 Å². The van der Waals surface area contributed by atoms with Crippen LogP contribution in [0.4, 0.5) is 0 Å². The van der Waals surface area contributed by atoms with Crippen molar-refractivity contribution in [1.82, 2.24) is 10.2 Å². The molecule has 4 rings (SSSR count). The zero-order chi connectivity index (χ0) is 21.8. The lowest BCUT2D eigenvalue weighted by Crippen LogP contribution is -2.38. The number of nitrogens with one attached hydrogen (secondary N) is 1. The minimum Gasteiger partial charge on any atom is -0.492 e. The number of fused-ring (bicyclic) bond motifs is 1. The molecule has 162 valence electrons. The quantitative estimate of drug-likeness (QED) is 0.698. The van der Waals surface area contributed by atoms with E-state index in [0.29, 0.717) is 23.5 Å². The Morgan fingerprint density at radius 3 is 2.55 bits per heavy atom. The van der Waals surface area contributed by atoms with Gasteiger partial charge >= 0.3 is 0 Å². The van der Waals surface area contributed by atoms with Crippen LogP contribution >= 0.6 is 0 Å². The van der Waals surface area contributed by atoms with Crippen LogP contribution in [0.15, 0.2) is 54.1 Å². The second kappa shape index (κ2) is 9.45. The summed E-state index contributed by atoms with van der Waals surface area (Å²) in [7, 11) is 0. The van der Waals surface area contributed by atoms with Crippen LogP contribution in [0, 0.1) is 0 Å². The average molecular weight is 421 g/mol. The highest BCUT2D eigenvalue weighted by Gasteiger charge is 2.35. The summed E-state index contributed by atoms with van der Waals surface area (Å²) in [5.74, 6) is 0.0359. The van der Waals surface area contributed by atoms with Crippen molar-refractivity contribution in [3.8, 4) is 5.75 Å². The number of hydrogen-bond acceptors (Lipinski definition) is 5. The van der Waals surface area contributed by atoms with Crippen molar-refractivity contribution in [3.05, 3.63) is 70.8 Å². The number of ketones is 1. The van der Waals surface area contributed by atoms with E-state index < -0.39 is 0 Å². The summed E-state index contributed by atoms with van der Waals surface area (Å²) in [6.07, 6.45) is 0. The number of ether oxygens (including phenoxy) is 2. The maximum atomic E-state index is 13.3. The Morgan fingerprint density at radius 1 is 1.10 bits per heavy atom. The zero-order valence-electron chi connectivity index (χ0n) is 18.0. The van der Waals surface area contributed by atoms with Crippen molar-refractivity contribution in [2.24, 2.45) is 0 Å². The summed E-state index contributed by atoms with van der Waals surface area (Å²) in [6, 6.07) is 15.0. The molecular weight excluding hydrogens is 392 g/mol. The van der Waals surface area contributed by atoms with Gasteiger partial charge < -0.3 is 14.8 Å². The highest BCUT2D eigenvalue weighted by atomic mass is 16.5. The molecule has 1 aliphatic heterocycles. The van der Waals surface area contributed by atoms with Crippen molar-refractivity contribution in [3.63, 3.8) is 0 Å². The van der Waals surface area contributed by atoms with Gasteiger partial charge in [-0.2, -0.15) is 0 Å². The van der Waals surface area contributed by atoms with Gasteiger partial charge in [0, 0.05) is 36.8 Å². The molecule has 0 radical (unpaired) electrons. The van der Waals surface area contributed by atoms with Gasteiger partial charge in [-0.05, 0) is 43.2 Å². The summed E-state index contributed by atoms with van der Waals surface area (Å²) >= 11 is 0.